The van der Waals surface area contributed by atoms with E-state index in [1.807, 2.05) is 26.4 Å². The summed E-state index contributed by atoms with van der Waals surface area (Å²) in [4.78, 5) is 8.93. The summed E-state index contributed by atoms with van der Waals surface area (Å²) in [6, 6.07) is 4.32. The van der Waals surface area contributed by atoms with Crippen molar-refractivity contribution < 1.29 is 0 Å². The first-order chi connectivity index (χ1) is 9.74. The summed E-state index contributed by atoms with van der Waals surface area (Å²) in [5.41, 5.74) is 3.41. The lowest BCUT2D eigenvalue weighted by atomic mass is 9.93. The van der Waals surface area contributed by atoms with E-state index in [1.54, 1.807) is 0 Å². The molecule has 2 aromatic rings. The Morgan fingerprint density at radius 1 is 1.30 bits per heavy atom. The van der Waals surface area contributed by atoms with Crippen LogP contribution in [0.2, 0.25) is 0 Å². The fraction of sp³-hybridized carbons (Fsp3) is 0.500. The molecule has 2 aromatic heterocycles. The van der Waals surface area contributed by atoms with Gasteiger partial charge in [0.2, 0.25) is 0 Å². The lowest BCUT2D eigenvalue weighted by Gasteiger charge is -2.22. The highest BCUT2D eigenvalue weighted by atomic mass is 15.1. The van der Waals surface area contributed by atoms with Crippen LogP contribution in [0.1, 0.15) is 24.2 Å². The summed E-state index contributed by atoms with van der Waals surface area (Å²) in [7, 11) is 2.03. The van der Waals surface area contributed by atoms with Gasteiger partial charge in [-0.25, -0.2) is 4.98 Å². The van der Waals surface area contributed by atoms with Gasteiger partial charge in [0.05, 0.1) is 17.6 Å². The lowest BCUT2D eigenvalue weighted by molar-refractivity contribution is 0.376. The number of hydrogen-bond acceptors (Lipinski definition) is 3. The van der Waals surface area contributed by atoms with Crippen molar-refractivity contribution in [2.24, 2.45) is 13.0 Å². The lowest BCUT2D eigenvalue weighted by Crippen LogP contribution is -2.30. The zero-order chi connectivity index (χ0) is 13.9. The van der Waals surface area contributed by atoms with Crippen molar-refractivity contribution in [3.05, 3.63) is 35.9 Å². The van der Waals surface area contributed by atoms with Crippen molar-refractivity contribution in [2.45, 2.75) is 26.2 Å². The molecule has 0 bridgehead atoms. The number of nitrogens with one attached hydrogen (secondary N) is 1. The van der Waals surface area contributed by atoms with E-state index in [2.05, 4.69) is 32.0 Å². The molecular formula is C16H22N4. The highest BCUT2D eigenvalue weighted by Crippen LogP contribution is 2.20. The summed E-state index contributed by atoms with van der Waals surface area (Å²) in [6.07, 6.45) is 7.67. The Morgan fingerprint density at radius 3 is 2.80 bits per heavy atom. The molecule has 1 fully saturated rings. The Kier molecular flexibility index (Phi) is 3.83. The molecule has 1 atom stereocenters. The van der Waals surface area contributed by atoms with Crippen molar-refractivity contribution in [3.8, 4) is 11.4 Å². The van der Waals surface area contributed by atoms with Crippen LogP contribution >= 0.6 is 0 Å². The van der Waals surface area contributed by atoms with E-state index in [0.29, 0.717) is 0 Å². The first-order valence-electron chi connectivity index (χ1n) is 7.38. The van der Waals surface area contributed by atoms with Crippen LogP contribution in [0.3, 0.4) is 0 Å². The molecule has 0 aromatic carbocycles. The molecule has 0 radical (unpaired) electrons. The molecule has 1 aliphatic rings. The average Bonchev–Trinajstić information content (AvgIpc) is 2.81. The van der Waals surface area contributed by atoms with Gasteiger partial charge >= 0.3 is 0 Å². The molecule has 3 heterocycles. The zero-order valence-corrected chi connectivity index (χ0v) is 12.3. The van der Waals surface area contributed by atoms with Gasteiger partial charge in [0, 0.05) is 13.2 Å². The van der Waals surface area contributed by atoms with Gasteiger partial charge in [0.25, 0.3) is 0 Å². The first kappa shape index (κ1) is 13.3. The molecule has 3 rings (SSSR count). The quantitative estimate of drug-likeness (QED) is 0.931. The number of nitrogens with zero attached hydrogens (tertiary/aromatic N) is 3. The topological polar surface area (TPSA) is 42.7 Å². The largest absolute Gasteiger partial charge is 0.330 e. The Morgan fingerprint density at radius 2 is 2.20 bits per heavy atom. The Bertz CT molecular complexity index is 565. The second-order valence-electron chi connectivity index (χ2n) is 5.72. The summed E-state index contributed by atoms with van der Waals surface area (Å²) >= 11 is 0. The molecule has 0 unspecified atom stereocenters. The van der Waals surface area contributed by atoms with E-state index in [0.717, 1.165) is 36.1 Å². The number of hydrogen-bond donors (Lipinski definition) is 1. The van der Waals surface area contributed by atoms with E-state index < -0.39 is 0 Å². The molecule has 4 nitrogen and oxygen atoms in total. The number of imidazole rings is 1. The minimum atomic E-state index is 0.760. The van der Waals surface area contributed by atoms with Crippen molar-refractivity contribution in [2.75, 3.05) is 13.1 Å². The summed E-state index contributed by atoms with van der Waals surface area (Å²) in [5.74, 6) is 1.77. The normalized spacial score (nSPS) is 19.2. The van der Waals surface area contributed by atoms with Crippen LogP contribution < -0.4 is 5.32 Å². The fourth-order valence-corrected chi connectivity index (χ4v) is 2.87. The van der Waals surface area contributed by atoms with Gasteiger partial charge in [0.1, 0.15) is 5.82 Å². The summed E-state index contributed by atoms with van der Waals surface area (Å²) < 4.78 is 2.08. The van der Waals surface area contributed by atoms with Crippen molar-refractivity contribution in [1.29, 1.82) is 0 Å². The molecule has 0 saturated carbocycles. The molecule has 0 aliphatic carbocycles. The predicted molar refractivity (Wildman–Crippen MR) is 80.5 cm³/mol. The molecule has 0 amide bonds. The maximum atomic E-state index is 4.61. The third-order valence-electron chi connectivity index (χ3n) is 4.23. The van der Waals surface area contributed by atoms with E-state index in [4.69, 9.17) is 0 Å². The number of aryl methyl sites for hydroxylation is 1. The molecule has 1 saturated heterocycles. The third-order valence-corrected chi connectivity index (χ3v) is 4.23. The minimum absolute atomic E-state index is 0.760. The highest BCUT2D eigenvalue weighted by Gasteiger charge is 2.14. The van der Waals surface area contributed by atoms with Gasteiger partial charge < -0.3 is 9.88 Å². The van der Waals surface area contributed by atoms with Gasteiger partial charge in [-0.1, -0.05) is 6.07 Å². The SMILES string of the molecule is Cc1ncc(-c2ccc(C[C@@H]3CCCNC3)cn2)n1C. The molecule has 1 aliphatic heterocycles. The Balaban J connectivity index is 1.72. The van der Waals surface area contributed by atoms with Crippen LogP contribution in [-0.2, 0) is 13.5 Å². The van der Waals surface area contributed by atoms with E-state index in [9.17, 15) is 0 Å². The Hall–Kier alpha value is -1.68. The van der Waals surface area contributed by atoms with Crippen molar-refractivity contribution >= 4 is 0 Å². The summed E-state index contributed by atoms with van der Waals surface area (Å²) in [6.45, 7) is 4.32. The minimum Gasteiger partial charge on any atom is -0.330 e. The van der Waals surface area contributed by atoms with Gasteiger partial charge in [-0.05, 0) is 56.8 Å². The maximum Gasteiger partial charge on any atom is 0.105 e. The van der Waals surface area contributed by atoms with Gasteiger partial charge in [-0.15, -0.1) is 0 Å². The van der Waals surface area contributed by atoms with Crippen LogP contribution in [0.25, 0.3) is 11.4 Å². The van der Waals surface area contributed by atoms with Gasteiger partial charge in [-0.3, -0.25) is 4.98 Å². The van der Waals surface area contributed by atoms with E-state index in [1.165, 1.54) is 24.9 Å². The van der Waals surface area contributed by atoms with E-state index in [-0.39, 0.29) is 0 Å². The summed E-state index contributed by atoms with van der Waals surface area (Å²) in [5, 5.41) is 3.47. The number of piperidine rings is 1. The standard InChI is InChI=1S/C16H22N4/c1-12-18-11-16(20(12)2)15-6-5-14(10-19-15)8-13-4-3-7-17-9-13/h5-6,10-11,13,17H,3-4,7-9H2,1-2H3/t13-/m0/s1. The van der Waals surface area contributed by atoms with Crippen LogP contribution in [0, 0.1) is 12.8 Å². The predicted octanol–water partition coefficient (Wildman–Crippen LogP) is 2.33. The maximum absolute atomic E-state index is 4.61. The van der Waals surface area contributed by atoms with E-state index >= 15 is 0 Å². The smallest absolute Gasteiger partial charge is 0.105 e. The Labute approximate surface area is 120 Å². The molecule has 1 N–H and O–H groups in total. The fourth-order valence-electron chi connectivity index (χ4n) is 2.87. The molecule has 0 spiro atoms. The third kappa shape index (κ3) is 2.75. The number of aromatic nitrogens is 3. The second kappa shape index (κ2) is 5.75. The highest BCUT2D eigenvalue weighted by molar-refractivity contribution is 5.54. The van der Waals surface area contributed by atoms with Crippen LogP contribution in [0.15, 0.2) is 24.5 Å². The van der Waals surface area contributed by atoms with Gasteiger partial charge in [-0.2, -0.15) is 0 Å². The van der Waals surface area contributed by atoms with Gasteiger partial charge in [0.15, 0.2) is 0 Å². The molecular weight excluding hydrogens is 248 g/mol. The first-order valence-corrected chi connectivity index (χ1v) is 7.38. The molecule has 106 valence electrons. The number of pyridine rings is 1. The molecule has 20 heavy (non-hydrogen) atoms. The monoisotopic (exact) mass is 270 g/mol. The van der Waals surface area contributed by atoms with Crippen LogP contribution in [0.4, 0.5) is 0 Å². The number of rotatable bonds is 3. The second-order valence-corrected chi connectivity index (χ2v) is 5.72. The molecule has 4 heteroatoms. The van der Waals surface area contributed by atoms with Crippen LogP contribution in [0.5, 0.6) is 0 Å². The zero-order valence-electron chi connectivity index (χ0n) is 12.3. The average molecular weight is 270 g/mol. The van der Waals surface area contributed by atoms with Crippen LogP contribution in [-0.4, -0.2) is 27.6 Å². The van der Waals surface area contributed by atoms with Crippen molar-refractivity contribution in [1.82, 2.24) is 19.9 Å². The van der Waals surface area contributed by atoms with Crippen molar-refractivity contribution in [3.63, 3.8) is 0 Å².